The van der Waals surface area contributed by atoms with Gasteiger partial charge in [-0.25, -0.2) is 4.98 Å². The van der Waals surface area contributed by atoms with Gasteiger partial charge in [0.2, 0.25) is 0 Å². The van der Waals surface area contributed by atoms with Crippen LogP contribution in [-0.4, -0.2) is 61.3 Å². The number of hydrogen-bond acceptors (Lipinski definition) is 6. The first-order valence-corrected chi connectivity index (χ1v) is 9.66. The summed E-state index contributed by atoms with van der Waals surface area (Å²) in [6, 6.07) is 0.161. The highest BCUT2D eigenvalue weighted by molar-refractivity contribution is 7.13. The van der Waals surface area contributed by atoms with Gasteiger partial charge in [-0.3, -0.25) is 9.69 Å². The lowest BCUT2D eigenvalue weighted by molar-refractivity contribution is -0.0809. The van der Waals surface area contributed by atoms with Crippen LogP contribution in [-0.2, 0) is 16.0 Å². The lowest BCUT2D eigenvalue weighted by Gasteiger charge is -2.47. The fourth-order valence-electron chi connectivity index (χ4n) is 4.28. The SMILES string of the molecule is COC[C@H]1[C@H](NC(=O)c2cnc(CN3CCCC3)s2)[C@H]2CCO[C@H]21. The number of ether oxygens (including phenoxy) is 2. The van der Waals surface area contributed by atoms with Crippen LogP contribution in [0, 0.1) is 11.8 Å². The highest BCUT2D eigenvalue weighted by atomic mass is 32.1. The predicted molar refractivity (Wildman–Crippen MR) is 91.1 cm³/mol. The number of amides is 1. The number of hydrogen-bond donors (Lipinski definition) is 1. The van der Waals surface area contributed by atoms with E-state index in [-0.39, 0.29) is 24.0 Å². The molecular formula is C17H25N3O3S. The maximum absolute atomic E-state index is 12.6. The van der Waals surface area contributed by atoms with Gasteiger partial charge in [0.1, 0.15) is 9.88 Å². The van der Waals surface area contributed by atoms with E-state index < -0.39 is 0 Å². The Morgan fingerprint density at radius 1 is 1.50 bits per heavy atom. The summed E-state index contributed by atoms with van der Waals surface area (Å²) in [5.74, 6) is 0.700. The Morgan fingerprint density at radius 3 is 3.12 bits per heavy atom. The van der Waals surface area contributed by atoms with E-state index >= 15 is 0 Å². The molecule has 24 heavy (non-hydrogen) atoms. The molecule has 4 rings (SSSR count). The number of carbonyl (C=O) groups is 1. The van der Waals surface area contributed by atoms with E-state index in [1.807, 2.05) is 0 Å². The predicted octanol–water partition coefficient (Wildman–Crippen LogP) is 1.52. The number of methoxy groups -OCH3 is 1. The second-order valence-electron chi connectivity index (χ2n) is 7.01. The highest BCUT2D eigenvalue weighted by Gasteiger charge is 2.54. The molecule has 0 spiro atoms. The molecule has 3 aliphatic rings. The zero-order chi connectivity index (χ0) is 16.5. The molecule has 2 aliphatic heterocycles. The van der Waals surface area contributed by atoms with Crippen molar-refractivity contribution in [3.63, 3.8) is 0 Å². The minimum absolute atomic E-state index is 0.00313. The molecule has 0 bridgehead atoms. The van der Waals surface area contributed by atoms with Gasteiger partial charge in [0, 0.05) is 31.6 Å². The summed E-state index contributed by atoms with van der Waals surface area (Å²) < 4.78 is 11.1. The zero-order valence-corrected chi connectivity index (χ0v) is 14.9. The van der Waals surface area contributed by atoms with Crippen molar-refractivity contribution in [2.75, 3.05) is 33.4 Å². The van der Waals surface area contributed by atoms with Crippen LogP contribution in [0.15, 0.2) is 6.20 Å². The molecule has 1 saturated carbocycles. The molecule has 0 unspecified atom stereocenters. The van der Waals surface area contributed by atoms with Gasteiger partial charge < -0.3 is 14.8 Å². The summed E-state index contributed by atoms with van der Waals surface area (Å²) >= 11 is 1.52. The van der Waals surface area contributed by atoms with Crippen LogP contribution >= 0.6 is 11.3 Å². The lowest BCUT2D eigenvalue weighted by Crippen LogP contribution is -2.62. The zero-order valence-electron chi connectivity index (χ0n) is 14.1. The van der Waals surface area contributed by atoms with Crippen LogP contribution in [0.2, 0.25) is 0 Å². The monoisotopic (exact) mass is 351 g/mol. The Labute approximate surface area is 146 Å². The topological polar surface area (TPSA) is 63.7 Å². The quantitative estimate of drug-likeness (QED) is 0.842. The molecular weight excluding hydrogens is 326 g/mol. The molecule has 1 aromatic heterocycles. The minimum Gasteiger partial charge on any atom is -0.384 e. The third-order valence-electron chi connectivity index (χ3n) is 5.52. The fraction of sp³-hybridized carbons (Fsp3) is 0.765. The standard InChI is InChI=1S/C17H25N3O3S/c1-22-10-12-15(11-4-7-23-16(11)12)19-17(21)13-8-18-14(24-13)9-20-5-2-3-6-20/h8,11-12,15-16H,2-7,9-10H2,1H3,(H,19,21)/t11-,12+,15-,16-/m1/s1. The normalized spacial score (nSPS) is 32.5. The number of likely N-dealkylation sites (tertiary alicyclic amines) is 1. The number of rotatable bonds is 6. The van der Waals surface area contributed by atoms with Crippen LogP contribution < -0.4 is 5.32 Å². The Balaban J connectivity index is 1.36. The average molecular weight is 351 g/mol. The molecule has 6 nitrogen and oxygen atoms in total. The van der Waals surface area contributed by atoms with Crippen molar-refractivity contribution in [3.8, 4) is 0 Å². The number of aromatic nitrogens is 1. The molecule has 1 aromatic rings. The molecule has 1 aliphatic carbocycles. The van der Waals surface area contributed by atoms with Crippen LogP contribution in [0.25, 0.3) is 0 Å². The first-order valence-electron chi connectivity index (χ1n) is 8.84. The van der Waals surface area contributed by atoms with Crippen LogP contribution in [0.3, 0.4) is 0 Å². The molecule has 132 valence electrons. The van der Waals surface area contributed by atoms with Gasteiger partial charge in [0.05, 0.1) is 25.5 Å². The van der Waals surface area contributed by atoms with E-state index in [2.05, 4.69) is 15.2 Å². The molecule has 4 atom stereocenters. The van der Waals surface area contributed by atoms with Crippen molar-refractivity contribution < 1.29 is 14.3 Å². The average Bonchev–Trinajstić information content (AvgIpc) is 3.31. The van der Waals surface area contributed by atoms with E-state index in [1.165, 1.54) is 24.2 Å². The first kappa shape index (κ1) is 16.4. The minimum atomic E-state index is -0.00313. The third-order valence-corrected chi connectivity index (χ3v) is 6.50. The lowest BCUT2D eigenvalue weighted by atomic mass is 9.67. The first-order chi connectivity index (χ1) is 11.8. The fourth-order valence-corrected chi connectivity index (χ4v) is 5.14. The maximum atomic E-state index is 12.6. The van der Waals surface area contributed by atoms with Gasteiger partial charge in [-0.1, -0.05) is 0 Å². The van der Waals surface area contributed by atoms with Gasteiger partial charge in [-0.2, -0.15) is 0 Å². The smallest absolute Gasteiger partial charge is 0.263 e. The van der Waals surface area contributed by atoms with Gasteiger partial charge in [-0.05, 0) is 32.4 Å². The summed E-state index contributed by atoms with van der Waals surface area (Å²) in [6.45, 7) is 4.58. The number of thiazole rings is 1. The van der Waals surface area contributed by atoms with E-state index in [0.717, 1.165) is 37.7 Å². The number of fused-ring (bicyclic) bond motifs is 1. The van der Waals surface area contributed by atoms with Crippen molar-refractivity contribution in [2.45, 2.75) is 38.0 Å². The molecule has 3 fully saturated rings. The second kappa shape index (κ2) is 7.07. The second-order valence-corrected chi connectivity index (χ2v) is 8.12. The Hall–Kier alpha value is -1.02. The number of carbonyl (C=O) groups excluding carboxylic acids is 1. The molecule has 7 heteroatoms. The third kappa shape index (κ3) is 3.10. The van der Waals surface area contributed by atoms with Crippen LogP contribution in [0.4, 0.5) is 0 Å². The van der Waals surface area contributed by atoms with Gasteiger partial charge in [0.15, 0.2) is 0 Å². The van der Waals surface area contributed by atoms with E-state index in [4.69, 9.17) is 9.47 Å². The van der Waals surface area contributed by atoms with Crippen molar-refractivity contribution in [3.05, 3.63) is 16.1 Å². The summed E-state index contributed by atoms with van der Waals surface area (Å²) in [4.78, 5) is 20.2. The number of nitrogens with one attached hydrogen (secondary N) is 1. The van der Waals surface area contributed by atoms with E-state index in [1.54, 1.807) is 13.3 Å². The Kier molecular flexibility index (Phi) is 4.85. The highest BCUT2D eigenvalue weighted by Crippen LogP contribution is 2.43. The summed E-state index contributed by atoms with van der Waals surface area (Å²) in [6.07, 6.45) is 5.54. The van der Waals surface area contributed by atoms with E-state index in [9.17, 15) is 4.79 Å². The molecule has 3 heterocycles. The maximum Gasteiger partial charge on any atom is 0.263 e. The molecule has 0 aromatic carbocycles. The van der Waals surface area contributed by atoms with Crippen LogP contribution in [0.5, 0.6) is 0 Å². The van der Waals surface area contributed by atoms with Crippen LogP contribution in [0.1, 0.15) is 33.9 Å². The molecule has 1 N–H and O–H groups in total. The van der Waals surface area contributed by atoms with Crippen molar-refractivity contribution in [1.82, 2.24) is 15.2 Å². The molecule has 1 amide bonds. The van der Waals surface area contributed by atoms with Gasteiger partial charge >= 0.3 is 0 Å². The largest absolute Gasteiger partial charge is 0.384 e. The van der Waals surface area contributed by atoms with Crippen molar-refractivity contribution >= 4 is 17.2 Å². The summed E-state index contributed by atoms with van der Waals surface area (Å²) in [5, 5.41) is 4.24. The number of nitrogens with zero attached hydrogens (tertiary/aromatic N) is 2. The molecule has 0 radical (unpaired) electrons. The van der Waals surface area contributed by atoms with E-state index in [0.29, 0.717) is 17.4 Å². The molecule has 2 saturated heterocycles. The Bertz CT molecular complexity index is 587. The van der Waals surface area contributed by atoms with Gasteiger partial charge in [-0.15, -0.1) is 11.3 Å². The van der Waals surface area contributed by atoms with Crippen molar-refractivity contribution in [1.29, 1.82) is 0 Å². The van der Waals surface area contributed by atoms with Gasteiger partial charge in [0.25, 0.3) is 5.91 Å². The summed E-state index contributed by atoms with van der Waals surface area (Å²) in [7, 11) is 1.70. The van der Waals surface area contributed by atoms with Crippen molar-refractivity contribution in [2.24, 2.45) is 11.8 Å². The Morgan fingerprint density at radius 2 is 2.33 bits per heavy atom. The summed E-state index contributed by atoms with van der Waals surface area (Å²) in [5.41, 5.74) is 0.